The average Bonchev–Trinajstić information content (AvgIpc) is 3.17. The number of hydrogen-bond acceptors (Lipinski definition) is 3. The van der Waals surface area contributed by atoms with E-state index >= 15 is 0 Å². The maximum absolute atomic E-state index is 12.4. The van der Waals surface area contributed by atoms with E-state index in [2.05, 4.69) is 26.1 Å². The van der Waals surface area contributed by atoms with Crippen LogP contribution in [0.25, 0.3) is 0 Å². The van der Waals surface area contributed by atoms with Gasteiger partial charge in [-0.15, -0.1) is 0 Å². The van der Waals surface area contributed by atoms with E-state index in [1.165, 1.54) is 19.3 Å². The predicted molar refractivity (Wildman–Crippen MR) is 86.7 cm³/mol. The zero-order valence-corrected chi connectivity index (χ0v) is 14.8. The molecule has 0 aromatic heterocycles. The summed E-state index contributed by atoms with van der Waals surface area (Å²) in [6, 6.07) is 0. The van der Waals surface area contributed by atoms with E-state index < -0.39 is 0 Å². The van der Waals surface area contributed by atoms with Crippen LogP contribution in [-0.2, 0) is 14.3 Å². The van der Waals surface area contributed by atoms with Crippen molar-refractivity contribution < 1.29 is 19.6 Å². The number of quaternary nitrogens is 1. The minimum absolute atomic E-state index is 0.0630. The third-order valence-electron chi connectivity index (χ3n) is 7.14. The summed E-state index contributed by atoms with van der Waals surface area (Å²) in [4.78, 5) is 12.4. The molecular formula is C19H32NO3+. The van der Waals surface area contributed by atoms with E-state index in [9.17, 15) is 4.79 Å². The topological polar surface area (TPSA) is 55.4 Å². The monoisotopic (exact) mass is 322 g/mol. The molecule has 4 heteroatoms. The summed E-state index contributed by atoms with van der Waals surface area (Å²) in [5.41, 5.74) is 0.475. The minimum atomic E-state index is 0.0630. The number of esters is 1. The first-order valence-corrected chi connectivity index (χ1v) is 9.60. The Labute approximate surface area is 139 Å². The number of carbonyl (C=O) groups excluding carboxylic acids is 1. The third-order valence-corrected chi connectivity index (χ3v) is 7.14. The third kappa shape index (κ3) is 2.62. The SMILES string of the molecule is CC(C)C[NH2+]C[C@H]1C(=O)O[C@@H]2C[C@@]3(C)CCC[C@]4(CO4)[C@@H]3C[C@@H]21. The quantitative estimate of drug-likeness (QED) is 0.633. The number of hydrogen-bond donors (Lipinski definition) is 1. The number of carbonyl (C=O) groups is 1. The Kier molecular flexibility index (Phi) is 3.77. The molecule has 2 N–H and O–H groups in total. The van der Waals surface area contributed by atoms with Crippen LogP contribution < -0.4 is 5.32 Å². The van der Waals surface area contributed by atoms with E-state index in [-0.39, 0.29) is 23.6 Å². The maximum atomic E-state index is 12.4. The Morgan fingerprint density at radius 2 is 2.13 bits per heavy atom. The molecule has 0 aromatic carbocycles. The number of nitrogens with two attached hydrogens (primary N) is 1. The molecule has 1 spiro atoms. The van der Waals surface area contributed by atoms with Gasteiger partial charge < -0.3 is 14.8 Å². The lowest BCUT2D eigenvalue weighted by Crippen LogP contribution is -2.87. The highest BCUT2D eigenvalue weighted by molar-refractivity contribution is 5.75. The van der Waals surface area contributed by atoms with Crippen LogP contribution in [0.1, 0.15) is 52.9 Å². The molecule has 2 heterocycles. The Bertz CT molecular complexity index is 487. The van der Waals surface area contributed by atoms with E-state index in [0.717, 1.165) is 32.5 Å². The molecule has 0 unspecified atom stereocenters. The van der Waals surface area contributed by atoms with E-state index in [4.69, 9.17) is 9.47 Å². The van der Waals surface area contributed by atoms with Crippen LogP contribution in [0.2, 0.25) is 0 Å². The van der Waals surface area contributed by atoms with Crippen LogP contribution in [0.3, 0.4) is 0 Å². The van der Waals surface area contributed by atoms with E-state index in [0.29, 0.717) is 23.2 Å². The number of epoxide rings is 1. The first kappa shape index (κ1) is 15.9. The lowest BCUT2D eigenvalue weighted by atomic mass is 9.53. The van der Waals surface area contributed by atoms with Gasteiger partial charge in [0.1, 0.15) is 12.0 Å². The fraction of sp³-hybridized carbons (Fsp3) is 0.947. The van der Waals surface area contributed by atoms with Crippen molar-refractivity contribution in [2.45, 2.75) is 64.6 Å². The molecule has 0 aromatic rings. The zero-order valence-electron chi connectivity index (χ0n) is 14.8. The lowest BCUT2D eigenvalue weighted by Gasteiger charge is -2.51. The van der Waals surface area contributed by atoms with Crippen molar-refractivity contribution in [2.24, 2.45) is 29.1 Å². The molecule has 2 saturated heterocycles. The average molecular weight is 322 g/mol. The number of ether oxygens (including phenoxy) is 2. The van der Waals surface area contributed by atoms with Crippen LogP contribution in [0.4, 0.5) is 0 Å². The smallest absolute Gasteiger partial charge is 0.315 e. The molecule has 0 bridgehead atoms. The zero-order chi connectivity index (χ0) is 16.2. The van der Waals surface area contributed by atoms with Gasteiger partial charge in [0, 0.05) is 11.8 Å². The molecule has 130 valence electrons. The maximum Gasteiger partial charge on any atom is 0.315 e. The summed E-state index contributed by atoms with van der Waals surface area (Å²) in [5.74, 6) is 1.88. The molecule has 0 radical (unpaired) electrons. The van der Waals surface area contributed by atoms with E-state index in [1.807, 2.05) is 0 Å². The van der Waals surface area contributed by atoms with Crippen LogP contribution >= 0.6 is 0 Å². The summed E-state index contributed by atoms with van der Waals surface area (Å²) in [6.45, 7) is 9.82. The molecule has 4 rings (SSSR count). The lowest BCUT2D eigenvalue weighted by molar-refractivity contribution is -0.664. The van der Waals surface area contributed by atoms with Crippen molar-refractivity contribution >= 4 is 5.97 Å². The van der Waals surface area contributed by atoms with Crippen LogP contribution in [0.15, 0.2) is 0 Å². The molecule has 2 aliphatic carbocycles. The van der Waals surface area contributed by atoms with Crippen molar-refractivity contribution in [1.82, 2.24) is 0 Å². The fourth-order valence-electron chi connectivity index (χ4n) is 5.84. The van der Waals surface area contributed by atoms with Gasteiger partial charge in [-0.05, 0) is 43.4 Å². The van der Waals surface area contributed by atoms with Gasteiger partial charge in [0.2, 0.25) is 0 Å². The highest BCUT2D eigenvalue weighted by Gasteiger charge is 2.65. The normalized spacial score (nSPS) is 48.3. The predicted octanol–water partition coefficient (Wildman–Crippen LogP) is 1.73. The Balaban J connectivity index is 1.49. The second-order valence-corrected chi connectivity index (χ2v) is 9.25. The van der Waals surface area contributed by atoms with Gasteiger partial charge in [0.15, 0.2) is 0 Å². The summed E-state index contributed by atoms with van der Waals surface area (Å²) < 4.78 is 11.8. The van der Waals surface area contributed by atoms with Crippen LogP contribution in [0, 0.1) is 29.1 Å². The second-order valence-electron chi connectivity index (χ2n) is 9.25. The highest BCUT2D eigenvalue weighted by atomic mass is 16.6. The molecule has 23 heavy (non-hydrogen) atoms. The molecule has 0 amide bonds. The standard InChI is InChI=1S/C19H31NO3/c1-12(2)9-20-10-14-13-7-16-18(3,8-15(13)23-17(14)21)5-4-6-19(16)11-22-19/h12-16,20H,4-11H2,1-3H3/p+1/t13-,14-,15-,16-,18-,19+/m1/s1. The van der Waals surface area contributed by atoms with Gasteiger partial charge in [-0.1, -0.05) is 20.8 Å². The molecule has 2 aliphatic heterocycles. The van der Waals surface area contributed by atoms with Crippen LogP contribution in [-0.4, -0.2) is 37.4 Å². The molecule has 2 saturated carbocycles. The summed E-state index contributed by atoms with van der Waals surface area (Å²) in [5, 5.41) is 2.32. The first-order chi connectivity index (χ1) is 10.9. The number of fused-ring (bicyclic) bond motifs is 3. The fourth-order valence-corrected chi connectivity index (χ4v) is 5.84. The van der Waals surface area contributed by atoms with Crippen molar-refractivity contribution in [2.75, 3.05) is 19.7 Å². The highest BCUT2D eigenvalue weighted by Crippen LogP contribution is 2.62. The summed E-state index contributed by atoms with van der Waals surface area (Å²) >= 11 is 0. The number of rotatable bonds is 4. The van der Waals surface area contributed by atoms with Crippen LogP contribution in [0.5, 0.6) is 0 Å². The summed E-state index contributed by atoms with van der Waals surface area (Å²) in [7, 11) is 0. The van der Waals surface area contributed by atoms with E-state index in [1.54, 1.807) is 0 Å². The van der Waals surface area contributed by atoms with Crippen molar-refractivity contribution in [3.63, 3.8) is 0 Å². The minimum Gasteiger partial charge on any atom is -0.462 e. The molecule has 6 atom stereocenters. The Morgan fingerprint density at radius 1 is 1.35 bits per heavy atom. The van der Waals surface area contributed by atoms with Gasteiger partial charge in [0.05, 0.1) is 25.3 Å². The molecule has 4 aliphatic rings. The van der Waals surface area contributed by atoms with Crippen molar-refractivity contribution in [1.29, 1.82) is 0 Å². The Hall–Kier alpha value is -0.610. The first-order valence-electron chi connectivity index (χ1n) is 9.60. The molecule has 4 fully saturated rings. The second kappa shape index (κ2) is 5.45. The molecule has 4 nitrogen and oxygen atoms in total. The van der Waals surface area contributed by atoms with Gasteiger partial charge in [0.25, 0.3) is 0 Å². The van der Waals surface area contributed by atoms with Gasteiger partial charge in [-0.25, -0.2) is 0 Å². The van der Waals surface area contributed by atoms with Crippen molar-refractivity contribution in [3.05, 3.63) is 0 Å². The van der Waals surface area contributed by atoms with Crippen molar-refractivity contribution in [3.8, 4) is 0 Å². The van der Waals surface area contributed by atoms with Gasteiger partial charge >= 0.3 is 5.97 Å². The van der Waals surface area contributed by atoms with Gasteiger partial charge in [-0.2, -0.15) is 0 Å². The largest absolute Gasteiger partial charge is 0.462 e. The summed E-state index contributed by atoms with van der Waals surface area (Å²) in [6.07, 6.45) is 6.11. The van der Waals surface area contributed by atoms with Gasteiger partial charge in [-0.3, -0.25) is 4.79 Å². The molecular weight excluding hydrogens is 290 g/mol. The Morgan fingerprint density at radius 3 is 2.83 bits per heavy atom.